The first kappa shape index (κ1) is 21.3. The van der Waals surface area contributed by atoms with Crippen LogP contribution in [0.15, 0.2) is 47.4 Å². The van der Waals surface area contributed by atoms with Gasteiger partial charge in [-0.25, -0.2) is 8.42 Å². The Hall–Kier alpha value is -2.94. The summed E-state index contributed by atoms with van der Waals surface area (Å²) < 4.78 is 44.6. The summed E-state index contributed by atoms with van der Waals surface area (Å²) >= 11 is 0. The number of carbonyl (C=O) groups is 1. The highest BCUT2D eigenvalue weighted by Gasteiger charge is 2.33. The maximum atomic E-state index is 13.3. The first-order chi connectivity index (χ1) is 14.9. The lowest BCUT2D eigenvalue weighted by atomic mass is 10.2. The van der Waals surface area contributed by atoms with Crippen LogP contribution in [0.3, 0.4) is 0 Å². The molecule has 2 heterocycles. The molecule has 4 rings (SSSR count). The van der Waals surface area contributed by atoms with Crippen LogP contribution in [0.5, 0.6) is 17.2 Å². The second-order valence-electron chi connectivity index (χ2n) is 7.43. The van der Waals surface area contributed by atoms with Crippen LogP contribution in [0.1, 0.15) is 19.8 Å². The number of ether oxygens (including phenoxy) is 3. The molecule has 1 unspecified atom stereocenters. The maximum Gasteiger partial charge on any atom is 0.267 e. The molecule has 166 valence electrons. The standard InChI is InChI=1S/C22H26N2O6S/c1-3-24(16-6-8-17(28-2)9-7-16)31(26,27)18-10-11-19-20(14-18)29-15-21(30-19)22(25)23-12-4-5-13-23/h6-11,14,21H,3-5,12-13,15H2,1-2H3. The molecule has 2 aromatic rings. The van der Waals surface area contributed by atoms with Gasteiger partial charge in [0, 0.05) is 25.7 Å². The Morgan fingerprint density at radius 2 is 1.84 bits per heavy atom. The molecule has 1 fully saturated rings. The molecule has 2 aromatic carbocycles. The lowest BCUT2D eigenvalue weighted by Crippen LogP contribution is -2.45. The number of hydrogen-bond donors (Lipinski definition) is 0. The number of amides is 1. The SMILES string of the molecule is CCN(c1ccc(OC)cc1)S(=O)(=O)c1ccc2c(c1)OCC(C(=O)N1CCCC1)O2. The largest absolute Gasteiger partial charge is 0.497 e. The Balaban J connectivity index is 1.55. The number of carbonyl (C=O) groups excluding carboxylic acids is 1. The average molecular weight is 447 g/mol. The first-order valence-corrected chi connectivity index (χ1v) is 11.8. The number of likely N-dealkylation sites (tertiary alicyclic amines) is 1. The number of anilines is 1. The molecule has 1 amide bonds. The summed E-state index contributed by atoms with van der Waals surface area (Å²) in [4.78, 5) is 14.5. The smallest absolute Gasteiger partial charge is 0.267 e. The monoisotopic (exact) mass is 446 g/mol. The molecule has 1 atom stereocenters. The molecule has 8 nitrogen and oxygen atoms in total. The molecule has 0 radical (unpaired) electrons. The zero-order valence-corrected chi connectivity index (χ0v) is 18.4. The Bertz CT molecular complexity index is 1050. The zero-order chi connectivity index (χ0) is 22.0. The Morgan fingerprint density at radius 3 is 2.48 bits per heavy atom. The third-order valence-corrected chi connectivity index (χ3v) is 7.40. The fourth-order valence-corrected chi connectivity index (χ4v) is 5.33. The van der Waals surface area contributed by atoms with Gasteiger partial charge in [-0.2, -0.15) is 0 Å². The van der Waals surface area contributed by atoms with E-state index < -0.39 is 16.1 Å². The highest BCUT2D eigenvalue weighted by atomic mass is 32.2. The van der Waals surface area contributed by atoms with Crippen molar-refractivity contribution in [1.82, 2.24) is 4.90 Å². The minimum atomic E-state index is -3.82. The van der Waals surface area contributed by atoms with Crippen LogP contribution in [-0.2, 0) is 14.8 Å². The van der Waals surface area contributed by atoms with Gasteiger partial charge >= 0.3 is 0 Å². The molecular formula is C22H26N2O6S. The van der Waals surface area contributed by atoms with Crippen molar-refractivity contribution in [2.45, 2.75) is 30.8 Å². The van der Waals surface area contributed by atoms with Gasteiger partial charge in [0.2, 0.25) is 6.10 Å². The summed E-state index contributed by atoms with van der Waals surface area (Å²) in [5, 5.41) is 0. The van der Waals surface area contributed by atoms with Gasteiger partial charge in [0.1, 0.15) is 12.4 Å². The number of fused-ring (bicyclic) bond motifs is 1. The van der Waals surface area contributed by atoms with Gasteiger partial charge in [-0.1, -0.05) is 0 Å². The van der Waals surface area contributed by atoms with Crippen LogP contribution < -0.4 is 18.5 Å². The Morgan fingerprint density at radius 1 is 1.13 bits per heavy atom. The number of benzene rings is 2. The van der Waals surface area contributed by atoms with Crippen molar-refractivity contribution in [3.05, 3.63) is 42.5 Å². The van der Waals surface area contributed by atoms with E-state index in [1.54, 1.807) is 49.3 Å². The predicted octanol–water partition coefficient (Wildman–Crippen LogP) is 2.67. The van der Waals surface area contributed by atoms with Gasteiger partial charge in [-0.15, -0.1) is 0 Å². The van der Waals surface area contributed by atoms with Gasteiger partial charge in [-0.3, -0.25) is 9.10 Å². The van der Waals surface area contributed by atoms with E-state index in [-0.39, 0.29) is 24.0 Å². The van der Waals surface area contributed by atoms with E-state index in [4.69, 9.17) is 14.2 Å². The van der Waals surface area contributed by atoms with Crippen LogP contribution in [0.2, 0.25) is 0 Å². The first-order valence-electron chi connectivity index (χ1n) is 10.3. The number of hydrogen-bond acceptors (Lipinski definition) is 6. The molecule has 0 aromatic heterocycles. The molecule has 0 saturated carbocycles. The van der Waals surface area contributed by atoms with Crippen molar-refractivity contribution in [2.75, 3.05) is 37.7 Å². The quantitative estimate of drug-likeness (QED) is 0.678. The van der Waals surface area contributed by atoms with E-state index in [0.29, 0.717) is 22.9 Å². The van der Waals surface area contributed by atoms with E-state index in [0.717, 1.165) is 25.9 Å². The van der Waals surface area contributed by atoms with E-state index in [2.05, 4.69) is 0 Å². The minimum Gasteiger partial charge on any atom is -0.497 e. The van der Waals surface area contributed by atoms with Crippen molar-refractivity contribution in [3.63, 3.8) is 0 Å². The van der Waals surface area contributed by atoms with Crippen LogP contribution in [0.4, 0.5) is 5.69 Å². The molecule has 0 bridgehead atoms. The Kier molecular flexibility index (Phi) is 5.95. The van der Waals surface area contributed by atoms with Crippen LogP contribution in [0.25, 0.3) is 0 Å². The van der Waals surface area contributed by atoms with Crippen LogP contribution in [0, 0.1) is 0 Å². The molecule has 0 spiro atoms. The summed E-state index contributed by atoms with van der Waals surface area (Å²) in [5.74, 6) is 1.25. The highest BCUT2D eigenvalue weighted by Crippen LogP contribution is 2.36. The minimum absolute atomic E-state index is 0.0573. The number of sulfonamides is 1. The van der Waals surface area contributed by atoms with E-state index >= 15 is 0 Å². The Labute approximate surface area is 182 Å². The van der Waals surface area contributed by atoms with Gasteiger partial charge in [0.25, 0.3) is 15.9 Å². The second-order valence-corrected chi connectivity index (χ2v) is 9.29. The summed E-state index contributed by atoms with van der Waals surface area (Å²) in [6.07, 6.45) is 1.29. The topological polar surface area (TPSA) is 85.4 Å². The number of rotatable bonds is 6. The fourth-order valence-electron chi connectivity index (χ4n) is 3.84. The summed E-state index contributed by atoms with van der Waals surface area (Å²) in [7, 11) is -2.26. The molecular weight excluding hydrogens is 420 g/mol. The fraction of sp³-hybridized carbons (Fsp3) is 0.409. The average Bonchev–Trinajstić information content (AvgIpc) is 3.33. The van der Waals surface area contributed by atoms with Crippen molar-refractivity contribution in [2.24, 2.45) is 0 Å². The lowest BCUT2D eigenvalue weighted by molar-refractivity contribution is -0.140. The normalized spacial score (nSPS) is 18.0. The van der Waals surface area contributed by atoms with E-state index in [1.165, 1.54) is 16.4 Å². The van der Waals surface area contributed by atoms with Crippen molar-refractivity contribution in [3.8, 4) is 17.2 Å². The highest BCUT2D eigenvalue weighted by molar-refractivity contribution is 7.92. The van der Waals surface area contributed by atoms with Crippen LogP contribution >= 0.6 is 0 Å². The van der Waals surface area contributed by atoms with E-state index in [9.17, 15) is 13.2 Å². The zero-order valence-electron chi connectivity index (χ0n) is 17.6. The molecule has 0 N–H and O–H groups in total. The summed E-state index contributed by atoms with van der Waals surface area (Å²) in [6, 6.07) is 11.3. The molecule has 0 aliphatic carbocycles. The molecule has 1 saturated heterocycles. The van der Waals surface area contributed by atoms with Crippen molar-refractivity contribution >= 4 is 21.6 Å². The van der Waals surface area contributed by atoms with Gasteiger partial charge in [-0.05, 0) is 56.2 Å². The van der Waals surface area contributed by atoms with Crippen LogP contribution in [-0.4, -0.2) is 58.7 Å². The van der Waals surface area contributed by atoms with Gasteiger partial charge < -0.3 is 19.1 Å². The molecule has 2 aliphatic rings. The van der Waals surface area contributed by atoms with E-state index in [1.807, 2.05) is 0 Å². The summed E-state index contributed by atoms with van der Waals surface area (Å²) in [5.41, 5.74) is 0.537. The predicted molar refractivity (Wildman–Crippen MR) is 115 cm³/mol. The number of nitrogens with zero attached hydrogens (tertiary/aromatic N) is 2. The second kappa shape index (κ2) is 8.66. The lowest BCUT2D eigenvalue weighted by Gasteiger charge is -2.29. The maximum absolute atomic E-state index is 13.3. The van der Waals surface area contributed by atoms with Crippen molar-refractivity contribution < 1.29 is 27.4 Å². The van der Waals surface area contributed by atoms with Gasteiger partial charge in [0.15, 0.2) is 11.5 Å². The van der Waals surface area contributed by atoms with Gasteiger partial charge in [0.05, 0.1) is 17.7 Å². The third kappa shape index (κ3) is 4.14. The molecule has 2 aliphatic heterocycles. The third-order valence-electron chi connectivity index (χ3n) is 5.50. The molecule has 9 heteroatoms. The molecule has 31 heavy (non-hydrogen) atoms. The summed E-state index contributed by atoms with van der Waals surface area (Å²) in [6.45, 7) is 3.56. The van der Waals surface area contributed by atoms with Crippen molar-refractivity contribution in [1.29, 1.82) is 0 Å². The number of methoxy groups -OCH3 is 1.